The van der Waals surface area contributed by atoms with Crippen LogP contribution in [0.2, 0.25) is 0 Å². The van der Waals surface area contributed by atoms with E-state index in [1.807, 2.05) is 37.5 Å². The fraction of sp³-hybridized carbons (Fsp3) is 0.167. The van der Waals surface area contributed by atoms with Crippen LogP contribution < -0.4 is 5.32 Å². The standard InChI is InChI=1S/C18H18N4/c1-3-14-5-4-6-17(9-14)22-18-10-15(7-8-19-18)16-11-20-13(2)21-12-16/h4-12H,3H2,1-2H3,(H,19,22). The molecular formula is C18H18N4. The van der Waals surface area contributed by atoms with Crippen LogP contribution in [-0.2, 0) is 6.42 Å². The molecule has 1 N–H and O–H groups in total. The van der Waals surface area contributed by atoms with Crippen molar-refractivity contribution in [1.82, 2.24) is 15.0 Å². The number of rotatable bonds is 4. The van der Waals surface area contributed by atoms with Crippen molar-refractivity contribution >= 4 is 11.5 Å². The molecule has 2 aromatic heterocycles. The van der Waals surface area contributed by atoms with E-state index in [0.717, 1.165) is 34.9 Å². The molecule has 0 bridgehead atoms. The van der Waals surface area contributed by atoms with E-state index in [-0.39, 0.29) is 0 Å². The third-order valence-corrected chi connectivity index (χ3v) is 3.48. The summed E-state index contributed by atoms with van der Waals surface area (Å²) < 4.78 is 0. The number of nitrogens with zero attached hydrogens (tertiary/aromatic N) is 3. The maximum absolute atomic E-state index is 4.38. The van der Waals surface area contributed by atoms with Crippen molar-refractivity contribution < 1.29 is 0 Å². The van der Waals surface area contributed by atoms with Gasteiger partial charge in [-0.2, -0.15) is 0 Å². The van der Waals surface area contributed by atoms with Gasteiger partial charge in [-0.15, -0.1) is 0 Å². The van der Waals surface area contributed by atoms with Crippen LogP contribution in [0, 0.1) is 6.92 Å². The van der Waals surface area contributed by atoms with Crippen molar-refractivity contribution in [3.05, 3.63) is 66.4 Å². The van der Waals surface area contributed by atoms with Gasteiger partial charge in [0, 0.05) is 29.8 Å². The van der Waals surface area contributed by atoms with E-state index in [4.69, 9.17) is 0 Å². The van der Waals surface area contributed by atoms with Gasteiger partial charge in [-0.1, -0.05) is 19.1 Å². The zero-order valence-corrected chi connectivity index (χ0v) is 12.7. The summed E-state index contributed by atoms with van der Waals surface area (Å²) in [6, 6.07) is 12.3. The molecule has 22 heavy (non-hydrogen) atoms. The van der Waals surface area contributed by atoms with E-state index >= 15 is 0 Å². The van der Waals surface area contributed by atoms with Gasteiger partial charge in [-0.25, -0.2) is 15.0 Å². The van der Waals surface area contributed by atoms with Crippen molar-refractivity contribution in [2.45, 2.75) is 20.3 Å². The molecule has 0 spiro atoms. The van der Waals surface area contributed by atoms with Gasteiger partial charge < -0.3 is 5.32 Å². The zero-order chi connectivity index (χ0) is 15.4. The predicted molar refractivity (Wildman–Crippen MR) is 89.1 cm³/mol. The molecule has 2 heterocycles. The Morgan fingerprint density at radius 2 is 1.77 bits per heavy atom. The normalized spacial score (nSPS) is 10.5. The smallest absolute Gasteiger partial charge is 0.130 e. The fourth-order valence-electron chi connectivity index (χ4n) is 2.24. The molecule has 0 amide bonds. The van der Waals surface area contributed by atoms with Gasteiger partial charge >= 0.3 is 0 Å². The second-order valence-corrected chi connectivity index (χ2v) is 5.13. The summed E-state index contributed by atoms with van der Waals surface area (Å²) in [5.41, 5.74) is 4.37. The molecule has 4 nitrogen and oxygen atoms in total. The minimum Gasteiger partial charge on any atom is -0.340 e. The molecular weight excluding hydrogens is 272 g/mol. The highest BCUT2D eigenvalue weighted by Crippen LogP contribution is 2.22. The Bertz CT molecular complexity index is 766. The topological polar surface area (TPSA) is 50.7 Å². The molecule has 1 aromatic carbocycles. The molecule has 0 saturated heterocycles. The molecule has 3 aromatic rings. The first kappa shape index (κ1) is 14.2. The van der Waals surface area contributed by atoms with E-state index in [0.29, 0.717) is 0 Å². The Kier molecular flexibility index (Phi) is 4.10. The highest BCUT2D eigenvalue weighted by atomic mass is 15.0. The number of hydrogen-bond acceptors (Lipinski definition) is 4. The molecule has 4 heteroatoms. The van der Waals surface area contributed by atoms with E-state index in [1.165, 1.54) is 5.56 Å². The summed E-state index contributed by atoms with van der Waals surface area (Å²) >= 11 is 0. The second kappa shape index (κ2) is 6.35. The molecule has 110 valence electrons. The van der Waals surface area contributed by atoms with Crippen molar-refractivity contribution in [2.24, 2.45) is 0 Å². The Morgan fingerprint density at radius 1 is 0.955 bits per heavy atom. The molecule has 0 aliphatic rings. The van der Waals surface area contributed by atoms with Gasteiger partial charge in [0.25, 0.3) is 0 Å². The maximum Gasteiger partial charge on any atom is 0.130 e. The van der Waals surface area contributed by atoms with Crippen LogP contribution >= 0.6 is 0 Å². The average molecular weight is 290 g/mol. The number of pyridine rings is 1. The summed E-state index contributed by atoms with van der Waals surface area (Å²) in [6.45, 7) is 4.03. The van der Waals surface area contributed by atoms with Crippen LogP contribution in [0.4, 0.5) is 11.5 Å². The average Bonchev–Trinajstić information content (AvgIpc) is 2.56. The van der Waals surface area contributed by atoms with Gasteiger partial charge in [-0.05, 0) is 48.7 Å². The van der Waals surface area contributed by atoms with E-state index in [9.17, 15) is 0 Å². The second-order valence-electron chi connectivity index (χ2n) is 5.13. The van der Waals surface area contributed by atoms with Crippen LogP contribution in [0.5, 0.6) is 0 Å². The molecule has 0 aliphatic carbocycles. The Hall–Kier alpha value is -2.75. The van der Waals surface area contributed by atoms with Gasteiger partial charge in [0.15, 0.2) is 0 Å². The lowest BCUT2D eigenvalue weighted by atomic mass is 10.1. The minimum absolute atomic E-state index is 0.771. The van der Waals surface area contributed by atoms with Crippen molar-refractivity contribution in [1.29, 1.82) is 0 Å². The van der Waals surface area contributed by atoms with E-state index in [1.54, 1.807) is 6.20 Å². The molecule has 3 rings (SSSR count). The van der Waals surface area contributed by atoms with Gasteiger partial charge in [0.2, 0.25) is 0 Å². The first-order chi connectivity index (χ1) is 10.7. The predicted octanol–water partition coefficient (Wildman–Crippen LogP) is 4.15. The fourth-order valence-corrected chi connectivity index (χ4v) is 2.24. The molecule has 0 saturated carbocycles. The zero-order valence-electron chi connectivity index (χ0n) is 12.7. The largest absolute Gasteiger partial charge is 0.340 e. The highest BCUT2D eigenvalue weighted by Gasteiger charge is 2.02. The van der Waals surface area contributed by atoms with Crippen molar-refractivity contribution in [2.75, 3.05) is 5.32 Å². The molecule has 0 fully saturated rings. The van der Waals surface area contributed by atoms with Crippen LogP contribution in [0.1, 0.15) is 18.3 Å². The summed E-state index contributed by atoms with van der Waals surface area (Å²) in [5.74, 6) is 1.58. The lowest BCUT2D eigenvalue weighted by Crippen LogP contribution is -1.95. The Balaban J connectivity index is 1.86. The number of aromatic nitrogens is 3. The van der Waals surface area contributed by atoms with Gasteiger partial charge in [0.1, 0.15) is 11.6 Å². The Labute approximate surface area is 130 Å². The molecule has 0 aliphatic heterocycles. The monoisotopic (exact) mass is 290 g/mol. The molecule has 0 radical (unpaired) electrons. The number of nitrogens with one attached hydrogen (secondary N) is 1. The van der Waals surface area contributed by atoms with Gasteiger partial charge in [-0.3, -0.25) is 0 Å². The van der Waals surface area contributed by atoms with Crippen LogP contribution in [0.3, 0.4) is 0 Å². The molecule has 0 unspecified atom stereocenters. The van der Waals surface area contributed by atoms with Crippen LogP contribution in [-0.4, -0.2) is 15.0 Å². The SMILES string of the molecule is CCc1cccc(Nc2cc(-c3cnc(C)nc3)ccn2)c1. The van der Waals surface area contributed by atoms with E-state index in [2.05, 4.69) is 45.4 Å². The number of anilines is 2. The number of aryl methyl sites for hydroxylation is 2. The minimum atomic E-state index is 0.771. The lowest BCUT2D eigenvalue weighted by Gasteiger charge is -2.08. The van der Waals surface area contributed by atoms with Gasteiger partial charge in [0.05, 0.1) is 0 Å². The van der Waals surface area contributed by atoms with Crippen molar-refractivity contribution in [3.8, 4) is 11.1 Å². The number of hydrogen-bond donors (Lipinski definition) is 1. The van der Waals surface area contributed by atoms with Crippen LogP contribution in [0.15, 0.2) is 55.0 Å². The summed E-state index contributed by atoms with van der Waals surface area (Å²) in [4.78, 5) is 12.9. The van der Waals surface area contributed by atoms with Crippen LogP contribution in [0.25, 0.3) is 11.1 Å². The molecule has 0 atom stereocenters. The summed E-state index contributed by atoms with van der Waals surface area (Å²) in [7, 11) is 0. The summed E-state index contributed by atoms with van der Waals surface area (Å²) in [6.07, 6.45) is 6.48. The van der Waals surface area contributed by atoms with Crippen molar-refractivity contribution in [3.63, 3.8) is 0 Å². The first-order valence-electron chi connectivity index (χ1n) is 7.35. The highest BCUT2D eigenvalue weighted by molar-refractivity contribution is 5.67. The number of benzene rings is 1. The van der Waals surface area contributed by atoms with E-state index < -0.39 is 0 Å². The Morgan fingerprint density at radius 3 is 2.55 bits per heavy atom. The lowest BCUT2D eigenvalue weighted by molar-refractivity contribution is 1.06. The third-order valence-electron chi connectivity index (χ3n) is 3.48. The summed E-state index contributed by atoms with van der Waals surface area (Å²) in [5, 5.41) is 3.35. The first-order valence-corrected chi connectivity index (χ1v) is 7.35. The quantitative estimate of drug-likeness (QED) is 0.784. The third kappa shape index (κ3) is 3.28. The maximum atomic E-state index is 4.38.